The van der Waals surface area contributed by atoms with Gasteiger partial charge in [0.05, 0.1) is 11.3 Å². The molecule has 1 heterocycles. The average molecular weight is 315 g/mol. The Morgan fingerprint density at radius 1 is 1.36 bits per heavy atom. The number of aromatic nitrogens is 1. The minimum absolute atomic E-state index is 0.192. The first kappa shape index (κ1) is 16.0. The summed E-state index contributed by atoms with van der Waals surface area (Å²) in [6.45, 7) is 4.21. The number of amides is 1. The molecule has 0 fully saturated rings. The van der Waals surface area contributed by atoms with Crippen molar-refractivity contribution in [1.29, 1.82) is 5.26 Å². The molecule has 0 unspecified atom stereocenters. The van der Waals surface area contributed by atoms with Gasteiger partial charge in [0.1, 0.15) is 6.07 Å². The SMILES string of the molecule is CCc1ccc(C)[n+](CC(=O)Nc2cc(Cl)ccc2C#N)c1. The van der Waals surface area contributed by atoms with Crippen LogP contribution in [0.3, 0.4) is 0 Å². The molecule has 0 saturated heterocycles. The van der Waals surface area contributed by atoms with Crippen LogP contribution in [0.2, 0.25) is 5.02 Å². The van der Waals surface area contributed by atoms with Crippen molar-refractivity contribution in [1.82, 2.24) is 0 Å². The second kappa shape index (κ2) is 7.06. The maximum absolute atomic E-state index is 12.2. The second-order valence-electron chi connectivity index (χ2n) is 5.01. The summed E-state index contributed by atoms with van der Waals surface area (Å²) in [5, 5.41) is 12.3. The molecular weight excluding hydrogens is 298 g/mol. The van der Waals surface area contributed by atoms with E-state index in [9.17, 15) is 4.79 Å². The number of pyridine rings is 1. The predicted molar refractivity (Wildman–Crippen MR) is 85.5 cm³/mol. The number of anilines is 1. The first-order valence-electron chi connectivity index (χ1n) is 7.02. The third-order valence-electron chi connectivity index (χ3n) is 3.41. The van der Waals surface area contributed by atoms with E-state index < -0.39 is 0 Å². The molecule has 2 aromatic rings. The zero-order valence-electron chi connectivity index (χ0n) is 12.6. The summed E-state index contributed by atoms with van der Waals surface area (Å²) in [7, 11) is 0. The van der Waals surface area contributed by atoms with E-state index in [0.29, 0.717) is 16.3 Å². The molecule has 1 N–H and O–H groups in total. The summed E-state index contributed by atoms with van der Waals surface area (Å²) in [6.07, 6.45) is 2.88. The molecule has 1 aromatic heterocycles. The van der Waals surface area contributed by atoms with Gasteiger partial charge < -0.3 is 5.32 Å². The highest BCUT2D eigenvalue weighted by Crippen LogP contribution is 2.20. The van der Waals surface area contributed by atoms with Crippen LogP contribution in [0, 0.1) is 18.3 Å². The zero-order valence-corrected chi connectivity index (χ0v) is 13.3. The van der Waals surface area contributed by atoms with E-state index in [4.69, 9.17) is 16.9 Å². The zero-order chi connectivity index (χ0) is 16.1. The molecule has 4 nitrogen and oxygen atoms in total. The van der Waals surface area contributed by atoms with Gasteiger partial charge in [0, 0.05) is 23.6 Å². The molecule has 112 valence electrons. The lowest BCUT2D eigenvalue weighted by atomic mass is 10.2. The molecule has 0 bridgehead atoms. The maximum atomic E-state index is 12.2. The Balaban J connectivity index is 2.17. The Morgan fingerprint density at radius 2 is 2.14 bits per heavy atom. The van der Waals surface area contributed by atoms with Crippen LogP contribution < -0.4 is 9.88 Å². The van der Waals surface area contributed by atoms with E-state index >= 15 is 0 Å². The van der Waals surface area contributed by atoms with Crippen LogP contribution in [-0.4, -0.2) is 5.91 Å². The summed E-state index contributed by atoms with van der Waals surface area (Å²) in [4.78, 5) is 12.2. The molecule has 0 saturated carbocycles. The van der Waals surface area contributed by atoms with E-state index in [0.717, 1.165) is 12.1 Å². The first-order valence-corrected chi connectivity index (χ1v) is 7.39. The fourth-order valence-corrected chi connectivity index (χ4v) is 2.28. The topological polar surface area (TPSA) is 56.8 Å². The predicted octanol–water partition coefficient (Wildman–Crippen LogP) is 3.01. The summed E-state index contributed by atoms with van der Waals surface area (Å²) >= 11 is 5.92. The largest absolute Gasteiger partial charge is 0.319 e. The van der Waals surface area contributed by atoms with Crippen molar-refractivity contribution < 1.29 is 9.36 Å². The lowest BCUT2D eigenvalue weighted by molar-refractivity contribution is -0.690. The number of rotatable bonds is 4. The standard InChI is InChI=1S/C17H16ClN3O/c1-3-13-5-4-12(2)21(10-13)11-17(22)20-16-8-15(18)7-6-14(16)9-19/h4-8,10H,3,11H2,1-2H3/p+1. The molecule has 0 aliphatic carbocycles. The maximum Gasteiger partial charge on any atom is 0.290 e. The van der Waals surface area contributed by atoms with Crippen molar-refractivity contribution in [3.63, 3.8) is 0 Å². The number of carbonyl (C=O) groups excluding carboxylic acids is 1. The van der Waals surface area contributed by atoms with E-state index in [2.05, 4.69) is 18.3 Å². The summed E-state index contributed by atoms with van der Waals surface area (Å²) in [5.74, 6) is -0.194. The smallest absolute Gasteiger partial charge is 0.290 e. The number of nitriles is 1. The van der Waals surface area contributed by atoms with Gasteiger partial charge in [0.2, 0.25) is 6.54 Å². The number of benzene rings is 1. The molecule has 0 spiro atoms. The molecule has 22 heavy (non-hydrogen) atoms. The third-order valence-corrected chi connectivity index (χ3v) is 3.65. The third kappa shape index (κ3) is 3.84. The van der Waals surface area contributed by atoms with Crippen molar-refractivity contribution >= 4 is 23.2 Å². The number of hydrogen-bond acceptors (Lipinski definition) is 2. The van der Waals surface area contributed by atoms with Gasteiger partial charge in [-0.15, -0.1) is 0 Å². The van der Waals surface area contributed by atoms with Crippen LogP contribution in [0.4, 0.5) is 5.69 Å². The first-order chi connectivity index (χ1) is 10.5. The van der Waals surface area contributed by atoms with Gasteiger partial charge in [-0.3, -0.25) is 4.79 Å². The van der Waals surface area contributed by atoms with Crippen molar-refractivity contribution in [3.8, 4) is 6.07 Å². The number of hydrogen-bond donors (Lipinski definition) is 1. The summed E-state index contributed by atoms with van der Waals surface area (Å²) in [5.41, 5.74) is 2.99. The van der Waals surface area contributed by atoms with Gasteiger partial charge in [0.15, 0.2) is 11.9 Å². The molecule has 5 heteroatoms. The minimum Gasteiger partial charge on any atom is -0.319 e. The van der Waals surface area contributed by atoms with Crippen LogP contribution in [-0.2, 0) is 17.8 Å². The Hall–Kier alpha value is -2.38. The van der Waals surface area contributed by atoms with Crippen LogP contribution in [0.1, 0.15) is 23.7 Å². The van der Waals surface area contributed by atoms with E-state index in [1.807, 2.05) is 29.8 Å². The highest BCUT2D eigenvalue weighted by Gasteiger charge is 2.15. The van der Waals surface area contributed by atoms with Gasteiger partial charge in [0.25, 0.3) is 5.91 Å². The Kier molecular flexibility index (Phi) is 5.13. The van der Waals surface area contributed by atoms with Crippen molar-refractivity contribution in [2.45, 2.75) is 26.8 Å². The van der Waals surface area contributed by atoms with E-state index in [-0.39, 0.29) is 12.5 Å². The minimum atomic E-state index is -0.194. The van der Waals surface area contributed by atoms with Gasteiger partial charge >= 0.3 is 0 Å². The monoisotopic (exact) mass is 314 g/mol. The summed E-state index contributed by atoms with van der Waals surface area (Å²) < 4.78 is 1.89. The summed E-state index contributed by atoms with van der Waals surface area (Å²) in [6, 6.07) is 10.9. The molecule has 1 aromatic carbocycles. The van der Waals surface area contributed by atoms with Gasteiger partial charge in [-0.2, -0.15) is 9.83 Å². The van der Waals surface area contributed by atoms with Crippen LogP contribution in [0.25, 0.3) is 0 Å². The Labute approximate surface area is 135 Å². The van der Waals surface area contributed by atoms with Crippen LogP contribution >= 0.6 is 11.6 Å². The van der Waals surface area contributed by atoms with Gasteiger partial charge in [-0.25, -0.2) is 0 Å². The lowest BCUT2D eigenvalue weighted by Gasteiger charge is -2.07. The lowest BCUT2D eigenvalue weighted by Crippen LogP contribution is -2.43. The molecule has 2 rings (SSSR count). The average Bonchev–Trinajstić information content (AvgIpc) is 2.49. The van der Waals surface area contributed by atoms with Crippen LogP contribution in [0.15, 0.2) is 36.5 Å². The normalized spacial score (nSPS) is 10.1. The van der Waals surface area contributed by atoms with Crippen LogP contribution in [0.5, 0.6) is 0 Å². The molecule has 1 amide bonds. The molecule has 0 aliphatic heterocycles. The Morgan fingerprint density at radius 3 is 2.82 bits per heavy atom. The Bertz CT molecular complexity index is 750. The fraction of sp³-hybridized carbons (Fsp3) is 0.235. The second-order valence-corrected chi connectivity index (χ2v) is 5.45. The highest BCUT2D eigenvalue weighted by atomic mass is 35.5. The molecule has 0 aliphatic rings. The molecule has 0 atom stereocenters. The number of nitrogens with one attached hydrogen (secondary N) is 1. The van der Waals surface area contributed by atoms with E-state index in [1.165, 1.54) is 5.56 Å². The number of halogens is 1. The van der Waals surface area contributed by atoms with Crippen molar-refractivity contribution in [2.75, 3.05) is 5.32 Å². The molecule has 0 radical (unpaired) electrons. The molecular formula is C17H17ClN3O+. The van der Waals surface area contributed by atoms with E-state index in [1.54, 1.807) is 18.2 Å². The number of nitrogens with zero attached hydrogens (tertiary/aromatic N) is 2. The quantitative estimate of drug-likeness (QED) is 0.882. The van der Waals surface area contributed by atoms with Crippen molar-refractivity contribution in [2.24, 2.45) is 0 Å². The van der Waals surface area contributed by atoms with Gasteiger partial charge in [-0.1, -0.05) is 18.5 Å². The number of carbonyl (C=O) groups is 1. The number of aryl methyl sites for hydroxylation is 2. The fourth-order valence-electron chi connectivity index (χ4n) is 2.11. The van der Waals surface area contributed by atoms with Gasteiger partial charge in [-0.05, 0) is 30.7 Å². The van der Waals surface area contributed by atoms with Crippen molar-refractivity contribution in [3.05, 3.63) is 58.4 Å². The highest BCUT2D eigenvalue weighted by molar-refractivity contribution is 6.31.